The Morgan fingerprint density at radius 2 is 1.40 bits per heavy atom. The lowest BCUT2D eigenvalue weighted by molar-refractivity contribution is -0.115. The van der Waals surface area contributed by atoms with E-state index in [4.69, 9.17) is 0 Å². The fraction of sp³-hybridized carbons (Fsp3) is 0.462. The molecule has 1 aromatic carbocycles. The first kappa shape index (κ1) is 16.1. The highest BCUT2D eigenvalue weighted by molar-refractivity contribution is 5.45. The summed E-state index contributed by atoms with van der Waals surface area (Å²) in [6.07, 6.45) is 0.750. The van der Waals surface area contributed by atoms with E-state index in [1.54, 1.807) is 14.1 Å². The average Bonchev–Trinajstić information content (AvgIpc) is 2.21. The molecule has 15 heavy (non-hydrogen) atoms. The Balaban J connectivity index is 0. The summed E-state index contributed by atoms with van der Waals surface area (Å²) in [7, 11) is 3.38. The fourth-order valence-electron chi connectivity index (χ4n) is 0.807. The molecule has 0 N–H and O–H groups in total. The highest BCUT2D eigenvalue weighted by atomic mass is 16.1. The molecule has 0 aliphatic heterocycles. The van der Waals surface area contributed by atoms with Gasteiger partial charge >= 0.3 is 0 Å². The standard InChI is InChI=1S/C8H10.C3H7NO.C2H6/c1-7-4-3-5-8(2)6-7;1-4(2)3-5;1-2/h3-6H,1-2H3;3H,1-2H3;1-2H3. The van der Waals surface area contributed by atoms with Crippen molar-refractivity contribution < 1.29 is 4.79 Å². The van der Waals surface area contributed by atoms with Gasteiger partial charge in [0, 0.05) is 14.1 Å². The van der Waals surface area contributed by atoms with Crippen LogP contribution in [0.15, 0.2) is 24.3 Å². The van der Waals surface area contributed by atoms with Crippen LogP contribution in [0.1, 0.15) is 25.0 Å². The van der Waals surface area contributed by atoms with E-state index < -0.39 is 0 Å². The smallest absolute Gasteiger partial charge is 0.209 e. The minimum absolute atomic E-state index is 0.750. The molecule has 1 rings (SSSR count). The van der Waals surface area contributed by atoms with E-state index in [0.717, 1.165) is 6.41 Å². The van der Waals surface area contributed by atoms with Gasteiger partial charge in [-0.2, -0.15) is 0 Å². The quantitative estimate of drug-likeness (QED) is 0.651. The third-order valence-electron chi connectivity index (χ3n) is 1.38. The van der Waals surface area contributed by atoms with Crippen molar-refractivity contribution in [1.29, 1.82) is 0 Å². The first-order valence-corrected chi connectivity index (χ1v) is 5.21. The van der Waals surface area contributed by atoms with Crippen LogP contribution in [-0.4, -0.2) is 25.4 Å². The van der Waals surface area contributed by atoms with Gasteiger partial charge in [-0.15, -0.1) is 0 Å². The second-order valence-electron chi connectivity index (χ2n) is 3.23. The zero-order valence-electron chi connectivity index (χ0n) is 10.7. The van der Waals surface area contributed by atoms with Crippen LogP contribution in [0, 0.1) is 13.8 Å². The van der Waals surface area contributed by atoms with Gasteiger partial charge in [-0.25, -0.2) is 0 Å². The fourth-order valence-corrected chi connectivity index (χ4v) is 0.807. The van der Waals surface area contributed by atoms with E-state index in [-0.39, 0.29) is 0 Å². The molecule has 0 radical (unpaired) electrons. The molecular weight excluding hydrogens is 186 g/mol. The average molecular weight is 209 g/mol. The molecule has 0 aromatic heterocycles. The summed E-state index contributed by atoms with van der Waals surface area (Å²) < 4.78 is 0. The SMILES string of the molecule is CC.CN(C)C=O.Cc1cccc(C)c1. The number of aryl methyl sites for hydroxylation is 2. The predicted octanol–water partition coefficient (Wildman–Crippen LogP) is 3.03. The number of amides is 1. The molecule has 0 fully saturated rings. The summed E-state index contributed by atoms with van der Waals surface area (Å²) in [6, 6.07) is 8.45. The van der Waals surface area contributed by atoms with Crippen LogP contribution in [0.2, 0.25) is 0 Å². The maximum Gasteiger partial charge on any atom is 0.209 e. The number of hydrogen-bond acceptors (Lipinski definition) is 1. The zero-order valence-corrected chi connectivity index (χ0v) is 10.7. The van der Waals surface area contributed by atoms with Crippen LogP contribution in [0.4, 0.5) is 0 Å². The van der Waals surface area contributed by atoms with Crippen LogP contribution >= 0.6 is 0 Å². The molecule has 2 heteroatoms. The minimum atomic E-state index is 0.750. The van der Waals surface area contributed by atoms with Crippen molar-refractivity contribution in [3.63, 3.8) is 0 Å². The van der Waals surface area contributed by atoms with Gasteiger partial charge in [-0.3, -0.25) is 4.79 Å². The van der Waals surface area contributed by atoms with Crippen molar-refractivity contribution in [2.24, 2.45) is 0 Å². The minimum Gasteiger partial charge on any atom is -0.351 e. The molecule has 1 aromatic rings. The summed E-state index contributed by atoms with van der Waals surface area (Å²) in [5.74, 6) is 0. The lowest BCUT2D eigenvalue weighted by Gasteiger charge is -1.93. The van der Waals surface area contributed by atoms with Crippen LogP contribution in [0.3, 0.4) is 0 Å². The maximum absolute atomic E-state index is 9.43. The van der Waals surface area contributed by atoms with Gasteiger partial charge < -0.3 is 4.90 Å². The van der Waals surface area contributed by atoms with Gasteiger partial charge in [-0.05, 0) is 13.8 Å². The molecule has 0 saturated heterocycles. The van der Waals surface area contributed by atoms with Gasteiger partial charge in [0.1, 0.15) is 0 Å². The second-order valence-corrected chi connectivity index (χ2v) is 3.23. The molecule has 0 atom stereocenters. The number of benzene rings is 1. The second kappa shape index (κ2) is 10.8. The lowest BCUT2D eigenvalue weighted by Crippen LogP contribution is -2.06. The van der Waals surface area contributed by atoms with E-state index in [2.05, 4.69) is 38.1 Å². The molecule has 2 nitrogen and oxygen atoms in total. The van der Waals surface area contributed by atoms with Gasteiger partial charge in [0.05, 0.1) is 0 Å². The molecule has 0 spiro atoms. The van der Waals surface area contributed by atoms with E-state index >= 15 is 0 Å². The third kappa shape index (κ3) is 12.7. The number of nitrogens with zero attached hydrogens (tertiary/aromatic N) is 1. The van der Waals surface area contributed by atoms with Crippen LogP contribution in [-0.2, 0) is 4.79 Å². The number of hydrogen-bond donors (Lipinski definition) is 0. The molecule has 0 aliphatic rings. The van der Waals surface area contributed by atoms with Gasteiger partial charge in [0.15, 0.2) is 0 Å². The topological polar surface area (TPSA) is 20.3 Å². The first-order chi connectivity index (χ1) is 7.06. The van der Waals surface area contributed by atoms with Crippen LogP contribution < -0.4 is 0 Å². The van der Waals surface area contributed by atoms with Crippen molar-refractivity contribution in [3.8, 4) is 0 Å². The van der Waals surface area contributed by atoms with E-state index in [0.29, 0.717) is 0 Å². The van der Waals surface area contributed by atoms with Gasteiger partial charge in [0.25, 0.3) is 0 Å². The Morgan fingerprint density at radius 1 is 1.07 bits per heavy atom. The third-order valence-corrected chi connectivity index (χ3v) is 1.38. The van der Waals surface area contributed by atoms with Crippen molar-refractivity contribution in [2.75, 3.05) is 14.1 Å². The summed E-state index contributed by atoms with van der Waals surface area (Å²) >= 11 is 0. The van der Waals surface area contributed by atoms with E-state index in [1.807, 2.05) is 13.8 Å². The normalized spacial score (nSPS) is 7.60. The highest BCUT2D eigenvalue weighted by Crippen LogP contribution is 2.00. The predicted molar refractivity (Wildman–Crippen MR) is 67.0 cm³/mol. The van der Waals surface area contributed by atoms with Crippen LogP contribution in [0.25, 0.3) is 0 Å². The van der Waals surface area contributed by atoms with Crippen LogP contribution in [0.5, 0.6) is 0 Å². The van der Waals surface area contributed by atoms with E-state index in [1.165, 1.54) is 16.0 Å². The number of carbonyl (C=O) groups is 1. The molecule has 0 heterocycles. The molecular formula is C13H23NO. The summed E-state index contributed by atoms with van der Waals surface area (Å²) in [6.45, 7) is 8.21. The summed E-state index contributed by atoms with van der Waals surface area (Å²) in [5, 5.41) is 0. The molecule has 1 amide bonds. The Bertz CT molecular complexity index is 239. The molecule has 0 unspecified atom stereocenters. The Hall–Kier alpha value is -1.31. The summed E-state index contributed by atoms with van der Waals surface area (Å²) in [5.41, 5.74) is 2.68. The zero-order chi connectivity index (χ0) is 12.3. The molecule has 86 valence electrons. The van der Waals surface area contributed by atoms with Crippen molar-refractivity contribution in [3.05, 3.63) is 35.4 Å². The Labute approximate surface area is 93.9 Å². The molecule has 0 bridgehead atoms. The molecule has 0 aliphatic carbocycles. The summed E-state index contributed by atoms with van der Waals surface area (Å²) in [4.78, 5) is 10.9. The van der Waals surface area contributed by atoms with Crippen molar-refractivity contribution in [1.82, 2.24) is 4.90 Å². The van der Waals surface area contributed by atoms with Gasteiger partial charge in [0.2, 0.25) is 6.41 Å². The largest absolute Gasteiger partial charge is 0.351 e. The number of carbonyl (C=O) groups excluding carboxylic acids is 1. The Morgan fingerprint density at radius 3 is 1.53 bits per heavy atom. The maximum atomic E-state index is 9.43. The van der Waals surface area contributed by atoms with E-state index in [9.17, 15) is 4.79 Å². The number of rotatable bonds is 1. The van der Waals surface area contributed by atoms with Crippen molar-refractivity contribution >= 4 is 6.41 Å². The van der Waals surface area contributed by atoms with Gasteiger partial charge in [-0.1, -0.05) is 49.2 Å². The first-order valence-electron chi connectivity index (χ1n) is 5.21. The van der Waals surface area contributed by atoms with Crippen molar-refractivity contribution in [2.45, 2.75) is 27.7 Å². The molecule has 0 saturated carbocycles. The highest BCUT2D eigenvalue weighted by Gasteiger charge is 1.80. The Kier molecular flexibility index (Phi) is 11.6. The monoisotopic (exact) mass is 209 g/mol. The lowest BCUT2D eigenvalue weighted by atomic mass is 10.2.